The maximum absolute atomic E-state index is 11.2. The number of fused-ring (bicyclic) bond motifs is 1. The second-order valence-corrected chi connectivity index (χ2v) is 5.93. The van der Waals surface area contributed by atoms with Gasteiger partial charge in [-0.25, -0.2) is 18.5 Å². The normalized spacial score (nSPS) is 11.5. The highest BCUT2D eigenvalue weighted by Gasteiger charge is 2.09. The minimum atomic E-state index is -3.71. The molecular formula is C12H12N6O3S. The van der Waals surface area contributed by atoms with Crippen molar-refractivity contribution in [2.45, 2.75) is 4.90 Å². The summed E-state index contributed by atoms with van der Waals surface area (Å²) >= 11 is 0. The monoisotopic (exact) mass is 320 g/mol. The lowest BCUT2D eigenvalue weighted by molar-refractivity contribution is 0.386. The number of nitrogens with one attached hydrogen (secondary N) is 2. The standard InChI is InChI=1S/C12H12N6O3S/c1-21-12-16-9-6-14-11(17-10(9)18-12)15-7-2-4-8(5-3-7)22(13,19)20/h2-6H,1H3,(H2,13,19,20)(H2,14,15,16,17,18). The van der Waals surface area contributed by atoms with Crippen LogP contribution in [-0.2, 0) is 10.0 Å². The summed E-state index contributed by atoms with van der Waals surface area (Å²) in [5, 5.41) is 7.99. The molecule has 2 aromatic heterocycles. The van der Waals surface area contributed by atoms with Gasteiger partial charge in [0, 0.05) is 5.69 Å². The number of anilines is 2. The highest BCUT2D eigenvalue weighted by Crippen LogP contribution is 2.18. The number of H-pyrrole nitrogens is 1. The van der Waals surface area contributed by atoms with Gasteiger partial charge in [-0.05, 0) is 24.3 Å². The van der Waals surface area contributed by atoms with E-state index in [4.69, 9.17) is 9.88 Å². The summed E-state index contributed by atoms with van der Waals surface area (Å²) in [6.45, 7) is 0. The summed E-state index contributed by atoms with van der Waals surface area (Å²) in [6, 6.07) is 6.28. The van der Waals surface area contributed by atoms with Crippen molar-refractivity contribution >= 4 is 32.8 Å². The minimum Gasteiger partial charge on any atom is -0.468 e. The molecule has 0 aliphatic carbocycles. The molecule has 22 heavy (non-hydrogen) atoms. The molecule has 0 atom stereocenters. The Bertz CT molecular complexity index is 920. The van der Waals surface area contributed by atoms with Crippen molar-refractivity contribution in [3.63, 3.8) is 0 Å². The lowest BCUT2D eigenvalue weighted by atomic mass is 10.3. The van der Waals surface area contributed by atoms with Gasteiger partial charge in [0.05, 0.1) is 18.2 Å². The van der Waals surface area contributed by atoms with E-state index < -0.39 is 10.0 Å². The zero-order chi connectivity index (χ0) is 15.7. The van der Waals surface area contributed by atoms with Gasteiger partial charge >= 0.3 is 0 Å². The van der Waals surface area contributed by atoms with Gasteiger partial charge in [-0.15, -0.1) is 0 Å². The highest BCUT2D eigenvalue weighted by molar-refractivity contribution is 7.89. The Morgan fingerprint density at radius 3 is 2.59 bits per heavy atom. The van der Waals surface area contributed by atoms with Gasteiger partial charge in [-0.1, -0.05) is 0 Å². The molecule has 4 N–H and O–H groups in total. The molecule has 0 radical (unpaired) electrons. The zero-order valence-corrected chi connectivity index (χ0v) is 12.3. The van der Waals surface area contributed by atoms with Gasteiger partial charge in [0.15, 0.2) is 5.65 Å². The lowest BCUT2D eigenvalue weighted by Crippen LogP contribution is -2.11. The molecule has 2 heterocycles. The van der Waals surface area contributed by atoms with Crippen LogP contribution in [-0.4, -0.2) is 35.5 Å². The number of hydrogen-bond acceptors (Lipinski definition) is 7. The second kappa shape index (κ2) is 5.24. The van der Waals surface area contributed by atoms with Crippen LogP contribution in [0.4, 0.5) is 11.6 Å². The first kappa shape index (κ1) is 14.2. The van der Waals surface area contributed by atoms with E-state index in [-0.39, 0.29) is 4.90 Å². The van der Waals surface area contributed by atoms with Crippen molar-refractivity contribution in [3.05, 3.63) is 30.5 Å². The zero-order valence-electron chi connectivity index (χ0n) is 11.4. The fraction of sp³-hybridized carbons (Fsp3) is 0.0833. The van der Waals surface area contributed by atoms with E-state index in [9.17, 15) is 8.42 Å². The maximum atomic E-state index is 11.2. The molecule has 10 heteroatoms. The SMILES string of the molecule is COc1nc2nc(Nc3ccc(S(N)(=O)=O)cc3)ncc2[nH]1. The Kier molecular flexibility index (Phi) is 3.39. The predicted molar refractivity (Wildman–Crippen MR) is 79.3 cm³/mol. The summed E-state index contributed by atoms with van der Waals surface area (Å²) in [6.07, 6.45) is 1.57. The quantitative estimate of drug-likeness (QED) is 0.645. The van der Waals surface area contributed by atoms with Crippen molar-refractivity contribution in [2.75, 3.05) is 12.4 Å². The molecule has 0 saturated carbocycles. The molecule has 9 nitrogen and oxygen atoms in total. The van der Waals surface area contributed by atoms with Crippen LogP contribution in [0.1, 0.15) is 0 Å². The Hall–Kier alpha value is -2.72. The molecular weight excluding hydrogens is 308 g/mol. The maximum Gasteiger partial charge on any atom is 0.295 e. The van der Waals surface area contributed by atoms with Crippen LogP contribution in [0.25, 0.3) is 11.2 Å². The summed E-state index contributed by atoms with van der Waals surface area (Å²) in [5.74, 6) is 0.324. The number of imidazole rings is 1. The van der Waals surface area contributed by atoms with Gasteiger partial charge in [0.1, 0.15) is 5.52 Å². The van der Waals surface area contributed by atoms with Crippen LogP contribution in [0.5, 0.6) is 6.01 Å². The Balaban J connectivity index is 1.86. The number of methoxy groups -OCH3 is 1. The second-order valence-electron chi connectivity index (χ2n) is 4.37. The van der Waals surface area contributed by atoms with Crippen molar-refractivity contribution in [2.24, 2.45) is 5.14 Å². The van der Waals surface area contributed by atoms with E-state index in [1.54, 1.807) is 18.3 Å². The number of hydrogen-bond donors (Lipinski definition) is 3. The summed E-state index contributed by atoms with van der Waals surface area (Å²) in [7, 11) is -2.21. The third-order valence-electron chi connectivity index (χ3n) is 2.85. The molecule has 0 amide bonds. The minimum absolute atomic E-state index is 0.0338. The number of rotatable bonds is 4. The van der Waals surface area contributed by atoms with Gasteiger partial charge in [-0.3, -0.25) is 0 Å². The van der Waals surface area contributed by atoms with Crippen LogP contribution in [0.15, 0.2) is 35.4 Å². The topological polar surface area (TPSA) is 136 Å². The molecule has 114 valence electrons. The highest BCUT2D eigenvalue weighted by atomic mass is 32.2. The van der Waals surface area contributed by atoms with E-state index in [1.807, 2.05) is 0 Å². The number of benzene rings is 1. The van der Waals surface area contributed by atoms with Crippen molar-refractivity contribution in [1.29, 1.82) is 0 Å². The largest absolute Gasteiger partial charge is 0.468 e. The van der Waals surface area contributed by atoms with Crippen LogP contribution < -0.4 is 15.2 Å². The average molecular weight is 320 g/mol. The first-order chi connectivity index (χ1) is 10.5. The first-order valence-electron chi connectivity index (χ1n) is 6.12. The van der Waals surface area contributed by atoms with Gasteiger partial charge in [-0.2, -0.15) is 9.97 Å². The van der Waals surface area contributed by atoms with Crippen LogP contribution >= 0.6 is 0 Å². The summed E-state index contributed by atoms with van der Waals surface area (Å²) in [4.78, 5) is 15.4. The Morgan fingerprint density at radius 1 is 1.23 bits per heavy atom. The van der Waals surface area contributed by atoms with E-state index in [0.717, 1.165) is 0 Å². The van der Waals surface area contributed by atoms with E-state index >= 15 is 0 Å². The number of nitrogens with two attached hydrogens (primary N) is 1. The molecule has 0 spiro atoms. The number of sulfonamides is 1. The first-order valence-corrected chi connectivity index (χ1v) is 7.67. The molecule has 0 unspecified atom stereocenters. The van der Waals surface area contributed by atoms with E-state index in [0.29, 0.717) is 28.8 Å². The average Bonchev–Trinajstić information content (AvgIpc) is 2.89. The number of ether oxygens (including phenoxy) is 1. The van der Waals surface area contributed by atoms with Gasteiger partial charge < -0.3 is 15.0 Å². The molecule has 0 aliphatic heterocycles. The van der Waals surface area contributed by atoms with Gasteiger partial charge in [0.2, 0.25) is 16.0 Å². The Labute approximate surface area is 125 Å². The number of aromatic nitrogens is 4. The summed E-state index contributed by atoms with van der Waals surface area (Å²) in [5.41, 5.74) is 1.72. The van der Waals surface area contributed by atoms with E-state index in [2.05, 4.69) is 25.3 Å². The Morgan fingerprint density at radius 2 is 1.95 bits per heavy atom. The van der Waals surface area contributed by atoms with Crippen LogP contribution in [0, 0.1) is 0 Å². The number of aromatic amines is 1. The molecule has 0 bridgehead atoms. The lowest BCUT2D eigenvalue weighted by Gasteiger charge is -2.05. The molecule has 1 aromatic carbocycles. The fourth-order valence-corrected chi connectivity index (χ4v) is 2.31. The molecule has 0 aliphatic rings. The third-order valence-corrected chi connectivity index (χ3v) is 3.78. The third kappa shape index (κ3) is 2.82. The number of nitrogens with zero attached hydrogens (tertiary/aromatic N) is 3. The molecule has 3 aromatic rings. The van der Waals surface area contributed by atoms with Crippen molar-refractivity contribution in [1.82, 2.24) is 19.9 Å². The van der Waals surface area contributed by atoms with Crippen LogP contribution in [0.2, 0.25) is 0 Å². The summed E-state index contributed by atoms with van der Waals surface area (Å²) < 4.78 is 27.4. The smallest absolute Gasteiger partial charge is 0.295 e. The van der Waals surface area contributed by atoms with Crippen molar-refractivity contribution in [3.8, 4) is 6.01 Å². The van der Waals surface area contributed by atoms with Crippen molar-refractivity contribution < 1.29 is 13.2 Å². The molecule has 0 saturated heterocycles. The fourth-order valence-electron chi connectivity index (χ4n) is 1.80. The molecule has 0 fully saturated rings. The number of primary sulfonamides is 1. The van der Waals surface area contributed by atoms with Gasteiger partial charge in [0.25, 0.3) is 6.01 Å². The molecule has 3 rings (SSSR count). The van der Waals surface area contributed by atoms with Crippen LogP contribution in [0.3, 0.4) is 0 Å². The van der Waals surface area contributed by atoms with E-state index in [1.165, 1.54) is 19.2 Å². The predicted octanol–water partition coefficient (Wildman–Crippen LogP) is 0.752.